The van der Waals surface area contributed by atoms with Gasteiger partial charge in [0.05, 0.1) is 30.4 Å². The van der Waals surface area contributed by atoms with Gasteiger partial charge in [-0.3, -0.25) is 0 Å². The molecular formula is C17H26N4OS. The first-order chi connectivity index (χ1) is 11.2. The molecule has 1 atom stereocenters. The van der Waals surface area contributed by atoms with E-state index in [0.717, 1.165) is 42.3 Å². The summed E-state index contributed by atoms with van der Waals surface area (Å²) in [4.78, 5) is 0. The van der Waals surface area contributed by atoms with Crippen LogP contribution in [-0.4, -0.2) is 41.8 Å². The van der Waals surface area contributed by atoms with Crippen molar-refractivity contribution in [3.8, 4) is 11.4 Å². The first-order valence-corrected chi connectivity index (χ1v) is 8.66. The minimum Gasteiger partial charge on any atom is -0.494 e. The molecule has 2 rings (SSSR count). The maximum atomic E-state index is 5.77. The fourth-order valence-electron chi connectivity index (χ4n) is 2.19. The van der Waals surface area contributed by atoms with Gasteiger partial charge in [0.25, 0.3) is 0 Å². The Labute approximate surface area is 143 Å². The zero-order chi connectivity index (χ0) is 16.5. The second kappa shape index (κ2) is 9.47. The lowest BCUT2D eigenvalue weighted by Gasteiger charge is -2.12. The predicted octanol–water partition coefficient (Wildman–Crippen LogP) is 2.98. The molecule has 1 unspecified atom stereocenters. The number of hydrogen-bond acceptors (Lipinski definition) is 5. The lowest BCUT2D eigenvalue weighted by Crippen LogP contribution is -2.28. The van der Waals surface area contributed by atoms with Crippen LogP contribution in [0.1, 0.15) is 19.8 Å². The first kappa shape index (κ1) is 17.7. The predicted molar refractivity (Wildman–Crippen MR) is 99.2 cm³/mol. The molecule has 2 N–H and O–H groups in total. The molecular weight excluding hydrogens is 308 g/mol. The molecule has 1 heterocycles. The van der Waals surface area contributed by atoms with Crippen molar-refractivity contribution in [3.05, 3.63) is 36.7 Å². The highest BCUT2D eigenvalue weighted by Gasteiger charge is 2.01. The van der Waals surface area contributed by atoms with Crippen LogP contribution in [0.5, 0.6) is 5.75 Å². The number of hydrogen-bond donors (Lipinski definition) is 3. The summed E-state index contributed by atoms with van der Waals surface area (Å²) in [6.07, 6.45) is 5.83. The molecule has 0 aliphatic heterocycles. The molecule has 6 heteroatoms. The Morgan fingerprint density at radius 1 is 1.30 bits per heavy atom. The van der Waals surface area contributed by atoms with Crippen molar-refractivity contribution in [1.29, 1.82) is 0 Å². The molecule has 1 aromatic carbocycles. The molecule has 1 aromatic heterocycles. The molecule has 5 nitrogen and oxygen atoms in total. The van der Waals surface area contributed by atoms with Crippen LogP contribution in [0.3, 0.4) is 0 Å². The van der Waals surface area contributed by atoms with Crippen molar-refractivity contribution >= 4 is 18.3 Å². The van der Waals surface area contributed by atoms with Crippen LogP contribution in [0.4, 0.5) is 5.69 Å². The van der Waals surface area contributed by atoms with E-state index >= 15 is 0 Å². The maximum absolute atomic E-state index is 5.77. The Hall–Kier alpha value is -1.66. The van der Waals surface area contributed by atoms with Gasteiger partial charge in [0.1, 0.15) is 5.75 Å². The van der Waals surface area contributed by atoms with Crippen LogP contribution in [0, 0.1) is 0 Å². The number of nitrogens with zero attached hydrogens (tertiary/aromatic N) is 2. The number of thiol groups is 1. The Morgan fingerprint density at radius 2 is 2.09 bits per heavy atom. The van der Waals surface area contributed by atoms with Gasteiger partial charge in [-0.25, -0.2) is 4.68 Å². The molecule has 0 bridgehead atoms. The van der Waals surface area contributed by atoms with Gasteiger partial charge in [0, 0.05) is 13.1 Å². The molecule has 0 amide bonds. The number of ether oxygens (including phenoxy) is 1. The van der Waals surface area contributed by atoms with E-state index in [2.05, 4.69) is 35.3 Å². The third kappa shape index (κ3) is 5.80. The average molecular weight is 334 g/mol. The summed E-state index contributed by atoms with van der Waals surface area (Å²) >= 11 is 4.24. The Morgan fingerprint density at radius 3 is 2.74 bits per heavy atom. The molecule has 0 saturated carbocycles. The molecule has 0 radical (unpaired) electrons. The van der Waals surface area contributed by atoms with E-state index < -0.39 is 0 Å². The molecule has 0 spiro atoms. The van der Waals surface area contributed by atoms with Crippen molar-refractivity contribution in [3.63, 3.8) is 0 Å². The van der Waals surface area contributed by atoms with E-state index in [1.54, 1.807) is 6.20 Å². The van der Waals surface area contributed by atoms with Gasteiger partial charge < -0.3 is 15.4 Å². The van der Waals surface area contributed by atoms with Gasteiger partial charge in [-0.05, 0) is 56.3 Å². The van der Waals surface area contributed by atoms with E-state index in [1.807, 2.05) is 42.2 Å². The molecule has 0 fully saturated rings. The van der Waals surface area contributed by atoms with E-state index in [4.69, 9.17) is 4.74 Å². The molecule has 2 aromatic rings. The van der Waals surface area contributed by atoms with Gasteiger partial charge in [0.2, 0.25) is 0 Å². The average Bonchev–Trinajstić information content (AvgIpc) is 3.04. The normalized spacial score (nSPS) is 12.1. The van der Waals surface area contributed by atoms with Crippen molar-refractivity contribution in [1.82, 2.24) is 15.1 Å². The lowest BCUT2D eigenvalue weighted by molar-refractivity contribution is 0.305. The quantitative estimate of drug-likeness (QED) is 0.462. The van der Waals surface area contributed by atoms with E-state index in [9.17, 15) is 0 Å². The number of anilines is 1. The third-order valence-corrected chi connectivity index (χ3v) is 3.88. The largest absolute Gasteiger partial charge is 0.494 e. The Kier molecular flexibility index (Phi) is 7.29. The third-order valence-electron chi connectivity index (χ3n) is 3.62. The minimum absolute atomic E-state index is 0.517. The summed E-state index contributed by atoms with van der Waals surface area (Å²) in [7, 11) is 1.88. The van der Waals surface area contributed by atoms with Gasteiger partial charge in [-0.2, -0.15) is 17.7 Å². The zero-order valence-corrected chi connectivity index (χ0v) is 14.7. The highest BCUT2D eigenvalue weighted by Crippen LogP contribution is 2.16. The zero-order valence-electron chi connectivity index (χ0n) is 13.8. The monoisotopic (exact) mass is 334 g/mol. The summed E-state index contributed by atoms with van der Waals surface area (Å²) in [5.41, 5.74) is 2.01. The standard InChI is InChI=1S/C17H26N4OS/c1-14(8-11-23)19-9-3-10-22-17-6-4-16(5-7-17)21-13-15(18-2)12-20-21/h4-7,12-14,18-19,23H,3,8-11H2,1-2H3. The molecule has 0 saturated heterocycles. The number of nitrogens with one attached hydrogen (secondary N) is 2. The van der Waals surface area contributed by atoms with E-state index in [0.29, 0.717) is 12.6 Å². The smallest absolute Gasteiger partial charge is 0.119 e. The number of aromatic nitrogens is 2. The fourth-order valence-corrected chi connectivity index (χ4v) is 2.58. The summed E-state index contributed by atoms with van der Waals surface area (Å²) in [6.45, 7) is 3.86. The molecule has 0 aliphatic rings. The SMILES string of the molecule is CNc1cnn(-c2ccc(OCCCNC(C)CCS)cc2)c1. The van der Waals surface area contributed by atoms with E-state index in [-0.39, 0.29) is 0 Å². The van der Waals surface area contributed by atoms with Crippen molar-refractivity contribution in [2.45, 2.75) is 25.8 Å². The summed E-state index contributed by atoms with van der Waals surface area (Å²) in [5.74, 6) is 1.81. The van der Waals surface area contributed by atoms with Gasteiger partial charge >= 0.3 is 0 Å². The van der Waals surface area contributed by atoms with E-state index in [1.165, 1.54) is 0 Å². The van der Waals surface area contributed by atoms with Crippen molar-refractivity contribution < 1.29 is 4.74 Å². The van der Waals surface area contributed by atoms with Gasteiger partial charge in [-0.1, -0.05) is 0 Å². The number of benzene rings is 1. The Balaban J connectivity index is 1.73. The fraction of sp³-hybridized carbons (Fsp3) is 0.471. The van der Waals surface area contributed by atoms with Crippen LogP contribution < -0.4 is 15.4 Å². The molecule has 126 valence electrons. The number of rotatable bonds is 10. The summed E-state index contributed by atoms with van der Waals surface area (Å²) in [5, 5.41) is 10.8. The minimum atomic E-state index is 0.517. The summed E-state index contributed by atoms with van der Waals surface area (Å²) < 4.78 is 7.60. The highest BCUT2D eigenvalue weighted by molar-refractivity contribution is 7.80. The van der Waals surface area contributed by atoms with Crippen molar-refractivity contribution in [2.24, 2.45) is 0 Å². The lowest BCUT2D eigenvalue weighted by atomic mass is 10.2. The maximum Gasteiger partial charge on any atom is 0.119 e. The summed E-state index contributed by atoms with van der Waals surface area (Å²) in [6, 6.07) is 8.49. The second-order valence-electron chi connectivity index (χ2n) is 5.49. The van der Waals surface area contributed by atoms with Crippen LogP contribution in [-0.2, 0) is 0 Å². The van der Waals surface area contributed by atoms with Crippen LogP contribution in [0.15, 0.2) is 36.7 Å². The Bertz CT molecular complexity index is 570. The molecule has 23 heavy (non-hydrogen) atoms. The van der Waals surface area contributed by atoms with Crippen LogP contribution in [0.2, 0.25) is 0 Å². The topological polar surface area (TPSA) is 51.1 Å². The van der Waals surface area contributed by atoms with Gasteiger partial charge in [-0.15, -0.1) is 0 Å². The first-order valence-electron chi connectivity index (χ1n) is 8.03. The van der Waals surface area contributed by atoms with Crippen molar-refractivity contribution in [2.75, 3.05) is 31.3 Å². The van der Waals surface area contributed by atoms with Crippen LogP contribution >= 0.6 is 12.6 Å². The second-order valence-corrected chi connectivity index (χ2v) is 5.93. The molecule has 0 aliphatic carbocycles. The highest BCUT2D eigenvalue weighted by atomic mass is 32.1. The van der Waals surface area contributed by atoms with Gasteiger partial charge in [0.15, 0.2) is 0 Å². The van der Waals surface area contributed by atoms with Crippen LogP contribution in [0.25, 0.3) is 5.69 Å².